The third-order valence-electron chi connectivity index (χ3n) is 1.98. The number of carbonyl (C=O) groups is 2. The van der Waals surface area contributed by atoms with Crippen LogP contribution in [0.1, 0.15) is 33.6 Å². The number of nitrogens with one attached hydrogen (secondary N) is 1. The fourth-order valence-corrected chi connectivity index (χ4v) is 1.65. The van der Waals surface area contributed by atoms with Crippen molar-refractivity contribution < 1.29 is 27.8 Å². The molecule has 0 aromatic carbocycles. The molecule has 0 aliphatic rings. The average Bonchev–Trinajstić information content (AvgIpc) is 2.23. The third-order valence-corrected chi connectivity index (χ3v) is 2.60. The van der Waals surface area contributed by atoms with Gasteiger partial charge in [-0.15, -0.1) is 0 Å². The van der Waals surface area contributed by atoms with Crippen LogP contribution in [0.2, 0.25) is 0 Å². The van der Waals surface area contributed by atoms with Crippen LogP contribution < -0.4 is 5.32 Å². The van der Waals surface area contributed by atoms with Crippen molar-refractivity contribution in [1.82, 2.24) is 5.32 Å². The fraction of sp³-hybridized carbons (Fsp3) is 0.818. The standard InChI is InChI=1S/C11H21NO6S/c1-11(2,3)18-10(14)12-8(9(13)17-4)6-5-7-19(15)16/h8H,5-7H2,1-4H3,(H,12,14)(H,15,16)/p-1/t8-/m0/s1. The molecule has 0 aromatic heterocycles. The summed E-state index contributed by atoms with van der Waals surface area (Å²) < 4.78 is 30.4. The minimum atomic E-state index is -2.17. The maximum atomic E-state index is 11.5. The molecule has 0 aliphatic heterocycles. The van der Waals surface area contributed by atoms with E-state index in [9.17, 15) is 18.4 Å². The van der Waals surface area contributed by atoms with Crippen LogP contribution in [-0.4, -0.2) is 45.3 Å². The lowest BCUT2D eigenvalue weighted by atomic mass is 10.1. The second-order valence-electron chi connectivity index (χ2n) is 4.87. The van der Waals surface area contributed by atoms with Crippen molar-refractivity contribution in [1.29, 1.82) is 0 Å². The van der Waals surface area contributed by atoms with Crippen LogP contribution >= 0.6 is 0 Å². The maximum Gasteiger partial charge on any atom is 0.408 e. The summed E-state index contributed by atoms with van der Waals surface area (Å²) >= 11 is -2.17. The Bertz CT molecular complexity index is 339. The zero-order chi connectivity index (χ0) is 15.1. The van der Waals surface area contributed by atoms with Gasteiger partial charge in [0.15, 0.2) is 0 Å². The first-order valence-corrected chi connectivity index (χ1v) is 7.03. The molecule has 0 rings (SSSR count). The van der Waals surface area contributed by atoms with Crippen LogP contribution in [0, 0.1) is 0 Å². The maximum absolute atomic E-state index is 11.5. The van der Waals surface area contributed by atoms with Gasteiger partial charge in [0.1, 0.15) is 11.6 Å². The highest BCUT2D eigenvalue weighted by atomic mass is 32.2. The molecule has 0 fully saturated rings. The van der Waals surface area contributed by atoms with Gasteiger partial charge in [-0.1, -0.05) is 11.1 Å². The fourth-order valence-electron chi connectivity index (χ4n) is 1.25. The highest BCUT2D eigenvalue weighted by Crippen LogP contribution is 2.08. The Morgan fingerprint density at radius 1 is 1.37 bits per heavy atom. The van der Waals surface area contributed by atoms with Crippen LogP contribution in [0.25, 0.3) is 0 Å². The summed E-state index contributed by atoms with van der Waals surface area (Å²) in [4.78, 5) is 23.0. The molecule has 0 radical (unpaired) electrons. The normalized spacial score (nSPS) is 14.4. The Labute approximate surface area is 115 Å². The lowest BCUT2D eigenvalue weighted by Gasteiger charge is -2.22. The van der Waals surface area contributed by atoms with Crippen LogP contribution in [-0.2, 0) is 25.3 Å². The molecule has 7 nitrogen and oxygen atoms in total. The predicted molar refractivity (Wildman–Crippen MR) is 68.2 cm³/mol. The van der Waals surface area contributed by atoms with E-state index in [-0.39, 0.29) is 18.6 Å². The summed E-state index contributed by atoms with van der Waals surface area (Å²) in [6.45, 7) is 5.08. The van der Waals surface area contributed by atoms with Crippen LogP contribution in [0.15, 0.2) is 0 Å². The largest absolute Gasteiger partial charge is 0.772 e. The van der Waals surface area contributed by atoms with Crippen LogP contribution in [0.5, 0.6) is 0 Å². The van der Waals surface area contributed by atoms with E-state index < -0.39 is 34.8 Å². The van der Waals surface area contributed by atoms with E-state index in [1.807, 2.05) is 0 Å². The Kier molecular flexibility index (Phi) is 7.62. The lowest BCUT2D eigenvalue weighted by Crippen LogP contribution is -2.44. The van der Waals surface area contributed by atoms with E-state index >= 15 is 0 Å². The van der Waals surface area contributed by atoms with Gasteiger partial charge < -0.3 is 19.3 Å². The number of ether oxygens (including phenoxy) is 2. The summed E-state index contributed by atoms with van der Waals surface area (Å²) in [6, 6.07) is -0.914. The average molecular weight is 294 g/mol. The van der Waals surface area contributed by atoms with Crippen LogP contribution in [0.3, 0.4) is 0 Å². The van der Waals surface area contributed by atoms with E-state index in [0.29, 0.717) is 0 Å². The second kappa shape index (κ2) is 8.11. The molecule has 0 heterocycles. The summed E-state index contributed by atoms with van der Waals surface area (Å²) in [6.07, 6.45) is -0.336. The first-order valence-electron chi connectivity index (χ1n) is 5.79. The topological polar surface area (TPSA) is 105 Å². The molecule has 0 spiro atoms. The Morgan fingerprint density at radius 2 is 1.95 bits per heavy atom. The number of amides is 1. The van der Waals surface area contributed by atoms with Crippen molar-refractivity contribution in [3.8, 4) is 0 Å². The van der Waals surface area contributed by atoms with Crippen LogP contribution in [0.4, 0.5) is 4.79 Å². The van der Waals surface area contributed by atoms with Gasteiger partial charge in [0, 0.05) is 5.75 Å². The zero-order valence-electron chi connectivity index (χ0n) is 11.6. The number of rotatable bonds is 6. The Hall–Kier alpha value is -1.15. The SMILES string of the molecule is COC(=O)[C@H](CCCS(=O)[O-])NC(=O)OC(C)(C)C. The molecule has 112 valence electrons. The second-order valence-corrected chi connectivity index (χ2v) is 5.89. The molecule has 8 heteroatoms. The third kappa shape index (κ3) is 9.43. The molecule has 1 N–H and O–H groups in total. The van der Waals surface area contributed by atoms with Gasteiger partial charge in [0.25, 0.3) is 0 Å². The molecule has 0 aliphatic carbocycles. The van der Waals surface area contributed by atoms with Crippen molar-refractivity contribution in [2.24, 2.45) is 0 Å². The van der Waals surface area contributed by atoms with E-state index in [1.165, 1.54) is 7.11 Å². The Balaban J connectivity index is 4.39. The highest BCUT2D eigenvalue weighted by Gasteiger charge is 2.24. The summed E-state index contributed by atoms with van der Waals surface area (Å²) in [7, 11) is 1.19. The van der Waals surface area contributed by atoms with Gasteiger partial charge >= 0.3 is 12.1 Å². The number of carbonyl (C=O) groups excluding carboxylic acids is 2. The van der Waals surface area contributed by atoms with Crippen molar-refractivity contribution in [2.45, 2.75) is 45.3 Å². The van der Waals surface area contributed by atoms with Crippen molar-refractivity contribution in [3.63, 3.8) is 0 Å². The van der Waals surface area contributed by atoms with Gasteiger partial charge in [0.05, 0.1) is 7.11 Å². The lowest BCUT2D eigenvalue weighted by molar-refractivity contribution is -0.143. The smallest absolute Gasteiger partial charge is 0.408 e. The molecule has 1 amide bonds. The van der Waals surface area contributed by atoms with E-state index in [2.05, 4.69) is 10.1 Å². The monoisotopic (exact) mass is 294 g/mol. The molecule has 2 atom stereocenters. The number of esters is 1. The zero-order valence-corrected chi connectivity index (χ0v) is 12.4. The van der Waals surface area contributed by atoms with Gasteiger partial charge in [-0.25, -0.2) is 9.59 Å². The molecular formula is C11H20NO6S-. The molecule has 0 bridgehead atoms. The number of hydrogen-bond acceptors (Lipinski definition) is 6. The number of alkyl carbamates (subject to hydrolysis) is 1. The van der Waals surface area contributed by atoms with Gasteiger partial charge in [0.2, 0.25) is 0 Å². The van der Waals surface area contributed by atoms with Crippen molar-refractivity contribution in [2.75, 3.05) is 12.9 Å². The van der Waals surface area contributed by atoms with Crippen molar-refractivity contribution >= 4 is 23.1 Å². The van der Waals surface area contributed by atoms with Crippen molar-refractivity contribution in [3.05, 3.63) is 0 Å². The number of hydrogen-bond donors (Lipinski definition) is 1. The van der Waals surface area contributed by atoms with E-state index in [1.54, 1.807) is 20.8 Å². The molecular weight excluding hydrogens is 274 g/mol. The number of methoxy groups -OCH3 is 1. The van der Waals surface area contributed by atoms with Gasteiger partial charge in [-0.3, -0.25) is 4.21 Å². The summed E-state index contributed by atoms with van der Waals surface area (Å²) in [5, 5.41) is 2.36. The summed E-state index contributed by atoms with van der Waals surface area (Å²) in [5.41, 5.74) is -0.679. The molecule has 19 heavy (non-hydrogen) atoms. The highest BCUT2D eigenvalue weighted by molar-refractivity contribution is 7.79. The Morgan fingerprint density at radius 3 is 2.37 bits per heavy atom. The first kappa shape index (κ1) is 17.8. The van der Waals surface area contributed by atoms with Gasteiger partial charge in [-0.05, 0) is 33.6 Å². The molecule has 0 saturated heterocycles. The predicted octanol–water partition coefficient (Wildman–Crippen LogP) is 0.712. The molecule has 1 unspecified atom stereocenters. The quantitative estimate of drug-likeness (QED) is 0.571. The van der Waals surface area contributed by atoms with E-state index in [4.69, 9.17) is 4.74 Å². The minimum absolute atomic E-state index is 0.0799. The van der Waals surface area contributed by atoms with E-state index in [0.717, 1.165) is 0 Å². The molecule has 0 aromatic rings. The molecule has 0 saturated carbocycles. The summed E-state index contributed by atoms with van der Waals surface area (Å²) in [5.74, 6) is -0.716. The first-order chi connectivity index (χ1) is 8.65. The van der Waals surface area contributed by atoms with Gasteiger partial charge in [-0.2, -0.15) is 0 Å². The minimum Gasteiger partial charge on any atom is -0.772 e.